The molecule has 120 valence electrons. The van der Waals surface area contributed by atoms with E-state index in [1.54, 1.807) is 0 Å². The second kappa shape index (κ2) is 7.69. The second-order valence-electron chi connectivity index (χ2n) is 4.97. The van der Waals surface area contributed by atoms with E-state index in [1.807, 2.05) is 37.3 Å². The number of rotatable bonds is 5. The van der Waals surface area contributed by atoms with Gasteiger partial charge in [-0.1, -0.05) is 55.3 Å². The van der Waals surface area contributed by atoms with Crippen molar-refractivity contribution in [3.05, 3.63) is 59.1 Å². The van der Waals surface area contributed by atoms with Crippen molar-refractivity contribution in [1.29, 1.82) is 5.41 Å². The number of hydrogen-bond acceptors (Lipinski definition) is 4. The quantitative estimate of drug-likeness (QED) is 0.650. The Bertz CT molecular complexity index is 692. The highest BCUT2D eigenvalue weighted by atomic mass is 35.5. The maximum Gasteiger partial charge on any atom is 0.282 e. The summed E-state index contributed by atoms with van der Waals surface area (Å²) in [6.45, 7) is 2.01. The third kappa shape index (κ3) is 3.84. The molecule has 23 heavy (non-hydrogen) atoms. The molecule has 1 unspecified atom stereocenters. The van der Waals surface area contributed by atoms with Crippen molar-refractivity contribution in [2.75, 3.05) is 0 Å². The molecule has 0 saturated carbocycles. The van der Waals surface area contributed by atoms with Crippen molar-refractivity contribution in [3.8, 4) is 0 Å². The number of nitrogens with zero attached hydrogens (tertiary/aromatic N) is 3. The zero-order chi connectivity index (χ0) is 16.8. The van der Waals surface area contributed by atoms with E-state index in [1.165, 1.54) is 17.3 Å². The van der Waals surface area contributed by atoms with E-state index in [2.05, 4.69) is 9.97 Å². The lowest BCUT2D eigenvalue weighted by Crippen LogP contribution is -2.44. The molecule has 1 atom stereocenters. The lowest BCUT2D eigenvalue weighted by atomic mass is 10.0. The van der Waals surface area contributed by atoms with Crippen LogP contribution in [-0.4, -0.2) is 26.7 Å². The molecular formula is C16H18ClN5O. The van der Waals surface area contributed by atoms with Crippen molar-refractivity contribution in [1.82, 2.24) is 14.9 Å². The molecule has 1 heterocycles. The number of amides is 1. The van der Waals surface area contributed by atoms with Crippen molar-refractivity contribution in [2.45, 2.75) is 25.8 Å². The number of carbonyl (C=O) groups excluding carboxylic acids is 1. The monoisotopic (exact) mass is 331 g/mol. The molecule has 0 fully saturated rings. The SMILES string of the molecule is CCCC(c1ccccc1)N(C(=N)N)C(=O)c1nccnc1Cl. The zero-order valence-corrected chi connectivity index (χ0v) is 13.5. The molecule has 7 heteroatoms. The predicted molar refractivity (Wildman–Crippen MR) is 89.2 cm³/mol. The Balaban J connectivity index is 2.45. The second-order valence-corrected chi connectivity index (χ2v) is 5.33. The van der Waals surface area contributed by atoms with Crippen LogP contribution in [0.1, 0.15) is 41.9 Å². The summed E-state index contributed by atoms with van der Waals surface area (Å²) in [5.41, 5.74) is 6.58. The highest BCUT2D eigenvalue weighted by Gasteiger charge is 2.30. The van der Waals surface area contributed by atoms with Crippen LogP contribution in [0.2, 0.25) is 5.15 Å². The Hall–Kier alpha value is -2.47. The minimum Gasteiger partial charge on any atom is -0.370 e. The van der Waals surface area contributed by atoms with Crippen LogP contribution in [0.3, 0.4) is 0 Å². The number of hydrogen-bond donors (Lipinski definition) is 2. The van der Waals surface area contributed by atoms with Gasteiger partial charge in [0.05, 0.1) is 6.04 Å². The molecule has 0 aliphatic heterocycles. The molecule has 6 nitrogen and oxygen atoms in total. The van der Waals surface area contributed by atoms with Gasteiger partial charge in [0.25, 0.3) is 5.91 Å². The van der Waals surface area contributed by atoms with Crippen LogP contribution in [0, 0.1) is 5.41 Å². The number of halogens is 1. The number of nitrogens with two attached hydrogens (primary N) is 1. The Morgan fingerprint density at radius 2 is 1.96 bits per heavy atom. The van der Waals surface area contributed by atoms with Crippen LogP contribution in [0.5, 0.6) is 0 Å². The summed E-state index contributed by atoms with van der Waals surface area (Å²) in [5, 5.41) is 7.84. The number of nitrogens with one attached hydrogen (secondary N) is 1. The van der Waals surface area contributed by atoms with Crippen molar-refractivity contribution in [2.24, 2.45) is 5.73 Å². The molecule has 2 aromatic rings. The molecule has 3 N–H and O–H groups in total. The molecule has 1 amide bonds. The van der Waals surface area contributed by atoms with E-state index in [9.17, 15) is 4.79 Å². The first kappa shape index (κ1) is 16.9. The van der Waals surface area contributed by atoms with Gasteiger partial charge in [0.15, 0.2) is 16.8 Å². The third-order valence-corrected chi connectivity index (χ3v) is 3.67. The van der Waals surface area contributed by atoms with Crippen molar-refractivity contribution >= 4 is 23.5 Å². The van der Waals surface area contributed by atoms with Crippen LogP contribution in [0.4, 0.5) is 0 Å². The van der Waals surface area contributed by atoms with Gasteiger partial charge < -0.3 is 5.73 Å². The van der Waals surface area contributed by atoms with E-state index in [4.69, 9.17) is 22.7 Å². The highest BCUT2D eigenvalue weighted by Crippen LogP contribution is 2.27. The maximum atomic E-state index is 12.8. The van der Waals surface area contributed by atoms with Gasteiger partial charge in [-0.25, -0.2) is 9.97 Å². The summed E-state index contributed by atoms with van der Waals surface area (Å²) < 4.78 is 0. The summed E-state index contributed by atoms with van der Waals surface area (Å²) >= 11 is 5.96. The molecule has 2 rings (SSSR count). The summed E-state index contributed by atoms with van der Waals surface area (Å²) in [4.78, 5) is 21.9. The van der Waals surface area contributed by atoms with Gasteiger partial charge in [0.1, 0.15) is 0 Å². The fourth-order valence-corrected chi connectivity index (χ4v) is 2.58. The molecule has 0 saturated heterocycles. The van der Waals surface area contributed by atoms with Crippen LogP contribution in [0.15, 0.2) is 42.7 Å². The Kier molecular flexibility index (Phi) is 5.65. The first-order valence-electron chi connectivity index (χ1n) is 7.25. The van der Waals surface area contributed by atoms with Crippen LogP contribution in [0.25, 0.3) is 0 Å². The Morgan fingerprint density at radius 1 is 1.30 bits per heavy atom. The van der Waals surface area contributed by atoms with Crippen molar-refractivity contribution < 1.29 is 4.79 Å². The van der Waals surface area contributed by atoms with Crippen molar-refractivity contribution in [3.63, 3.8) is 0 Å². The highest BCUT2D eigenvalue weighted by molar-refractivity contribution is 6.32. The predicted octanol–water partition coefficient (Wildman–Crippen LogP) is 3.01. The number of carbonyl (C=O) groups is 1. The normalized spacial score (nSPS) is 11.7. The van der Waals surface area contributed by atoms with Crippen LogP contribution in [-0.2, 0) is 0 Å². The van der Waals surface area contributed by atoms with Gasteiger partial charge >= 0.3 is 0 Å². The van der Waals surface area contributed by atoms with Gasteiger partial charge in [0.2, 0.25) is 0 Å². The Morgan fingerprint density at radius 3 is 2.52 bits per heavy atom. The van der Waals surface area contributed by atoms with E-state index in [-0.39, 0.29) is 22.8 Å². The zero-order valence-electron chi connectivity index (χ0n) is 12.7. The molecule has 0 aliphatic carbocycles. The first-order valence-corrected chi connectivity index (χ1v) is 7.63. The minimum atomic E-state index is -0.530. The molecule has 1 aromatic heterocycles. The van der Waals surface area contributed by atoms with E-state index < -0.39 is 5.91 Å². The van der Waals surface area contributed by atoms with E-state index in [0.29, 0.717) is 6.42 Å². The average Bonchev–Trinajstić information content (AvgIpc) is 2.55. The number of guanidine groups is 1. The molecule has 0 aliphatic rings. The van der Waals surface area contributed by atoms with E-state index >= 15 is 0 Å². The van der Waals surface area contributed by atoms with Gasteiger partial charge in [-0.3, -0.25) is 15.1 Å². The minimum absolute atomic E-state index is 0.00735. The smallest absolute Gasteiger partial charge is 0.282 e. The first-order chi connectivity index (χ1) is 11.1. The molecule has 1 aromatic carbocycles. The van der Waals surface area contributed by atoms with Crippen LogP contribution < -0.4 is 5.73 Å². The molecular weight excluding hydrogens is 314 g/mol. The molecule has 0 spiro atoms. The molecule has 0 radical (unpaired) electrons. The Labute approximate surface area is 139 Å². The maximum absolute atomic E-state index is 12.8. The topological polar surface area (TPSA) is 96.0 Å². The summed E-state index contributed by atoms with van der Waals surface area (Å²) in [6, 6.07) is 9.12. The van der Waals surface area contributed by atoms with Gasteiger partial charge in [-0.15, -0.1) is 0 Å². The van der Waals surface area contributed by atoms with Gasteiger partial charge in [-0.05, 0) is 12.0 Å². The fourth-order valence-electron chi connectivity index (χ4n) is 2.39. The summed E-state index contributed by atoms with van der Waals surface area (Å²) in [7, 11) is 0. The summed E-state index contributed by atoms with van der Waals surface area (Å²) in [5.74, 6) is -0.878. The summed E-state index contributed by atoms with van der Waals surface area (Å²) in [6.07, 6.45) is 4.27. The largest absolute Gasteiger partial charge is 0.370 e. The average molecular weight is 332 g/mol. The van der Waals surface area contributed by atoms with Gasteiger partial charge in [0, 0.05) is 12.4 Å². The fraction of sp³-hybridized carbons (Fsp3) is 0.250. The lowest BCUT2D eigenvalue weighted by Gasteiger charge is -2.30. The lowest BCUT2D eigenvalue weighted by molar-refractivity contribution is 0.0785. The number of benzene rings is 1. The molecule has 0 bridgehead atoms. The standard InChI is InChI=1S/C16H18ClN5O/c1-2-6-12(11-7-4-3-5-8-11)22(16(18)19)15(23)13-14(17)21-10-9-20-13/h3-5,7-10,12H,2,6H2,1H3,(H3,18,19). The number of aromatic nitrogens is 2. The third-order valence-electron chi connectivity index (χ3n) is 3.39. The van der Waals surface area contributed by atoms with Gasteiger partial charge in [-0.2, -0.15) is 0 Å². The van der Waals surface area contributed by atoms with E-state index in [0.717, 1.165) is 12.0 Å². The van der Waals surface area contributed by atoms with Crippen LogP contribution >= 0.6 is 11.6 Å².